The van der Waals surface area contributed by atoms with Crippen molar-refractivity contribution in [1.29, 1.82) is 0 Å². The predicted molar refractivity (Wildman–Crippen MR) is 89.7 cm³/mol. The molecule has 8 nitrogen and oxygen atoms in total. The average Bonchev–Trinajstić information content (AvgIpc) is 2.70. The number of amides is 2. The first-order chi connectivity index (χ1) is 12.6. The Bertz CT molecular complexity index is 834. The van der Waals surface area contributed by atoms with Crippen LogP contribution in [0.3, 0.4) is 0 Å². The van der Waals surface area contributed by atoms with Crippen LogP contribution < -0.4 is 20.3 Å². The van der Waals surface area contributed by atoms with E-state index in [1.165, 1.54) is 31.4 Å². The number of nitrogens with one attached hydrogen (secondary N) is 2. The van der Waals surface area contributed by atoms with Crippen LogP contribution in [0.1, 0.15) is 20.7 Å². The number of benzene rings is 2. The van der Waals surface area contributed by atoms with Crippen molar-refractivity contribution in [2.45, 2.75) is 6.10 Å². The van der Waals surface area contributed by atoms with Gasteiger partial charge in [-0.25, -0.2) is 4.79 Å². The second kappa shape index (κ2) is 7.56. The molecule has 8 heteroatoms. The molecule has 0 bridgehead atoms. The van der Waals surface area contributed by atoms with Crippen LogP contribution in [0.5, 0.6) is 11.5 Å². The summed E-state index contributed by atoms with van der Waals surface area (Å²) in [5.74, 6) is -0.555. The number of para-hydroxylation sites is 2. The number of hydrogen-bond donors (Lipinski definition) is 2. The molecule has 0 aliphatic carbocycles. The van der Waals surface area contributed by atoms with Gasteiger partial charge in [0.1, 0.15) is 6.61 Å². The van der Waals surface area contributed by atoms with Gasteiger partial charge in [0.05, 0.1) is 12.7 Å². The number of fused-ring (bicyclic) bond motifs is 1. The first-order valence-electron chi connectivity index (χ1n) is 7.75. The largest absolute Gasteiger partial charge is 0.485 e. The quantitative estimate of drug-likeness (QED) is 0.630. The zero-order valence-corrected chi connectivity index (χ0v) is 13.9. The van der Waals surface area contributed by atoms with Crippen molar-refractivity contribution in [2.24, 2.45) is 0 Å². The van der Waals surface area contributed by atoms with E-state index in [4.69, 9.17) is 9.47 Å². The molecule has 2 amide bonds. The SMILES string of the molecule is COC(=O)c1ccc(C(=O)NNC(=O)[C@H]2COc3ccccc3O2)cc1. The summed E-state index contributed by atoms with van der Waals surface area (Å²) in [4.78, 5) is 35.6. The van der Waals surface area contributed by atoms with Crippen molar-refractivity contribution in [3.63, 3.8) is 0 Å². The number of ether oxygens (including phenoxy) is 3. The van der Waals surface area contributed by atoms with Crippen molar-refractivity contribution in [2.75, 3.05) is 13.7 Å². The predicted octanol–water partition coefficient (Wildman–Crippen LogP) is 1.07. The van der Waals surface area contributed by atoms with Gasteiger partial charge < -0.3 is 14.2 Å². The van der Waals surface area contributed by atoms with Crippen molar-refractivity contribution in [3.05, 3.63) is 59.7 Å². The first kappa shape index (κ1) is 17.3. The number of methoxy groups -OCH3 is 1. The smallest absolute Gasteiger partial charge is 0.337 e. The Morgan fingerprint density at radius 1 is 0.962 bits per heavy atom. The lowest BCUT2D eigenvalue weighted by Crippen LogP contribution is -2.50. The summed E-state index contributed by atoms with van der Waals surface area (Å²) < 4.78 is 15.6. The van der Waals surface area contributed by atoms with Gasteiger partial charge in [0.25, 0.3) is 11.8 Å². The number of rotatable bonds is 3. The van der Waals surface area contributed by atoms with Crippen LogP contribution in [-0.4, -0.2) is 37.6 Å². The lowest BCUT2D eigenvalue weighted by atomic mass is 10.1. The highest BCUT2D eigenvalue weighted by Gasteiger charge is 2.27. The molecular formula is C18H16N2O6. The number of carbonyl (C=O) groups is 3. The minimum Gasteiger partial charge on any atom is -0.485 e. The van der Waals surface area contributed by atoms with E-state index < -0.39 is 23.9 Å². The molecule has 1 atom stereocenters. The van der Waals surface area contributed by atoms with E-state index in [0.717, 1.165) is 0 Å². The lowest BCUT2D eigenvalue weighted by Gasteiger charge is -2.25. The Balaban J connectivity index is 1.54. The lowest BCUT2D eigenvalue weighted by molar-refractivity contribution is -0.131. The summed E-state index contributed by atoms with van der Waals surface area (Å²) in [6.45, 7) is 0.0343. The molecule has 3 rings (SSSR count). The summed E-state index contributed by atoms with van der Waals surface area (Å²) >= 11 is 0. The van der Waals surface area contributed by atoms with E-state index in [1.54, 1.807) is 24.3 Å². The van der Waals surface area contributed by atoms with Gasteiger partial charge in [0, 0.05) is 5.56 Å². The Morgan fingerprint density at radius 3 is 2.31 bits per heavy atom. The first-order valence-corrected chi connectivity index (χ1v) is 7.75. The third-order valence-corrected chi connectivity index (χ3v) is 3.67. The van der Waals surface area contributed by atoms with Crippen molar-refractivity contribution < 1.29 is 28.6 Å². The standard InChI is InChI=1S/C18H16N2O6/c1-24-18(23)12-8-6-11(7-9-12)16(21)19-20-17(22)15-10-25-13-4-2-3-5-14(13)26-15/h2-9,15H,10H2,1H3,(H,19,21)(H,20,22)/t15-/m1/s1. The van der Waals surface area contributed by atoms with Crippen LogP contribution in [0.15, 0.2) is 48.5 Å². The molecule has 0 spiro atoms. The van der Waals surface area contributed by atoms with E-state index in [-0.39, 0.29) is 12.2 Å². The Morgan fingerprint density at radius 2 is 1.62 bits per heavy atom. The Hall–Kier alpha value is -3.55. The molecule has 1 heterocycles. The van der Waals surface area contributed by atoms with Crippen LogP contribution in [0.4, 0.5) is 0 Å². The zero-order chi connectivity index (χ0) is 18.5. The number of hydrazine groups is 1. The second-order valence-electron chi connectivity index (χ2n) is 5.38. The Kier molecular flexibility index (Phi) is 5.02. The van der Waals surface area contributed by atoms with Crippen LogP contribution in [0.25, 0.3) is 0 Å². The van der Waals surface area contributed by atoms with Gasteiger partial charge in [-0.3, -0.25) is 20.4 Å². The van der Waals surface area contributed by atoms with Crippen LogP contribution >= 0.6 is 0 Å². The van der Waals surface area contributed by atoms with Crippen molar-refractivity contribution >= 4 is 17.8 Å². The maximum absolute atomic E-state index is 12.1. The molecule has 0 aromatic heterocycles. The summed E-state index contributed by atoms with van der Waals surface area (Å²) in [5.41, 5.74) is 5.17. The van der Waals surface area contributed by atoms with Crippen LogP contribution in [0.2, 0.25) is 0 Å². The maximum atomic E-state index is 12.1. The molecule has 26 heavy (non-hydrogen) atoms. The van der Waals surface area contributed by atoms with E-state index in [2.05, 4.69) is 15.6 Å². The van der Waals surface area contributed by atoms with Gasteiger partial charge in [-0.1, -0.05) is 12.1 Å². The monoisotopic (exact) mass is 356 g/mol. The fraction of sp³-hybridized carbons (Fsp3) is 0.167. The number of carbonyl (C=O) groups excluding carboxylic acids is 3. The van der Waals surface area contributed by atoms with Crippen LogP contribution in [0, 0.1) is 0 Å². The van der Waals surface area contributed by atoms with Gasteiger partial charge in [0.15, 0.2) is 11.5 Å². The molecule has 0 unspecified atom stereocenters. The zero-order valence-electron chi connectivity index (χ0n) is 13.9. The summed E-state index contributed by atoms with van der Waals surface area (Å²) in [6.07, 6.45) is -0.882. The van der Waals surface area contributed by atoms with Crippen molar-refractivity contribution in [3.8, 4) is 11.5 Å². The van der Waals surface area contributed by atoms with Gasteiger partial charge in [-0.05, 0) is 36.4 Å². The molecule has 2 aromatic rings. The molecule has 2 N–H and O–H groups in total. The molecule has 134 valence electrons. The fourth-order valence-corrected chi connectivity index (χ4v) is 2.30. The molecule has 0 saturated heterocycles. The van der Waals surface area contributed by atoms with Gasteiger partial charge in [0.2, 0.25) is 6.10 Å². The molecule has 1 aliphatic heterocycles. The molecular weight excluding hydrogens is 340 g/mol. The normalized spacial score (nSPS) is 14.9. The summed E-state index contributed by atoms with van der Waals surface area (Å²) in [6, 6.07) is 12.8. The highest BCUT2D eigenvalue weighted by molar-refractivity contribution is 5.97. The highest BCUT2D eigenvalue weighted by atomic mass is 16.6. The minimum absolute atomic E-state index is 0.0343. The third kappa shape index (κ3) is 3.75. The fourth-order valence-electron chi connectivity index (χ4n) is 2.30. The second-order valence-corrected chi connectivity index (χ2v) is 5.38. The molecule has 0 radical (unpaired) electrons. The summed E-state index contributed by atoms with van der Waals surface area (Å²) in [7, 11) is 1.27. The number of esters is 1. The molecule has 2 aromatic carbocycles. The van der Waals surface area contributed by atoms with E-state index in [9.17, 15) is 14.4 Å². The topological polar surface area (TPSA) is 103 Å². The Labute approximate surface area is 149 Å². The van der Waals surface area contributed by atoms with E-state index in [1.807, 2.05) is 0 Å². The minimum atomic E-state index is -0.882. The highest BCUT2D eigenvalue weighted by Crippen LogP contribution is 2.30. The maximum Gasteiger partial charge on any atom is 0.337 e. The third-order valence-electron chi connectivity index (χ3n) is 3.67. The summed E-state index contributed by atoms with van der Waals surface area (Å²) in [5, 5.41) is 0. The molecule has 1 aliphatic rings. The molecule has 0 fully saturated rings. The average molecular weight is 356 g/mol. The number of hydrogen-bond acceptors (Lipinski definition) is 6. The van der Waals surface area contributed by atoms with Crippen LogP contribution in [-0.2, 0) is 9.53 Å². The van der Waals surface area contributed by atoms with Gasteiger partial charge in [-0.15, -0.1) is 0 Å². The van der Waals surface area contributed by atoms with Crippen molar-refractivity contribution in [1.82, 2.24) is 10.9 Å². The molecule has 0 saturated carbocycles. The van der Waals surface area contributed by atoms with E-state index >= 15 is 0 Å². The van der Waals surface area contributed by atoms with E-state index in [0.29, 0.717) is 17.1 Å². The van der Waals surface area contributed by atoms with Gasteiger partial charge >= 0.3 is 5.97 Å². The van der Waals surface area contributed by atoms with Gasteiger partial charge in [-0.2, -0.15) is 0 Å².